The molecule has 5 heteroatoms. The predicted molar refractivity (Wildman–Crippen MR) is 62.2 cm³/mol. The summed E-state index contributed by atoms with van der Waals surface area (Å²) in [6.07, 6.45) is 3.99. The van der Waals surface area contributed by atoms with E-state index < -0.39 is 0 Å². The predicted octanol–water partition coefficient (Wildman–Crippen LogP) is -0.141. The molecule has 0 aliphatic carbocycles. The number of hydrogen-bond donors (Lipinski definition) is 3. The van der Waals surface area contributed by atoms with Crippen LogP contribution >= 0.6 is 0 Å². The zero-order chi connectivity index (χ0) is 11.2. The van der Waals surface area contributed by atoms with Crippen molar-refractivity contribution in [2.24, 2.45) is 5.92 Å². The van der Waals surface area contributed by atoms with Crippen LogP contribution in [0.4, 0.5) is 0 Å². The number of piperidine rings is 1. The van der Waals surface area contributed by atoms with E-state index in [1.54, 1.807) is 0 Å². The number of hydrogen-bond acceptors (Lipinski definition) is 4. The third-order valence-electron chi connectivity index (χ3n) is 2.87. The van der Waals surface area contributed by atoms with Gasteiger partial charge in [0.25, 0.3) is 5.56 Å². The van der Waals surface area contributed by atoms with Gasteiger partial charge in [-0.05, 0) is 38.4 Å². The first-order valence-electron chi connectivity index (χ1n) is 5.79. The Morgan fingerprint density at radius 3 is 3.25 bits per heavy atom. The number of nitrogens with one attached hydrogen (secondary N) is 3. The lowest BCUT2D eigenvalue weighted by Gasteiger charge is -2.22. The molecule has 16 heavy (non-hydrogen) atoms. The number of H-pyrrole nitrogens is 1. The SMILES string of the molecule is O=c1cc(CNCC2CCCNC2)nc[nH]1. The van der Waals surface area contributed by atoms with E-state index in [1.807, 2.05) is 0 Å². The van der Waals surface area contributed by atoms with Gasteiger partial charge in [-0.1, -0.05) is 0 Å². The first-order valence-corrected chi connectivity index (χ1v) is 5.79. The highest BCUT2D eigenvalue weighted by molar-refractivity contribution is 4.97. The van der Waals surface area contributed by atoms with Crippen LogP contribution in [0.3, 0.4) is 0 Å². The molecule has 0 spiro atoms. The topological polar surface area (TPSA) is 69.8 Å². The van der Waals surface area contributed by atoms with Gasteiger partial charge in [-0.15, -0.1) is 0 Å². The van der Waals surface area contributed by atoms with E-state index in [4.69, 9.17) is 0 Å². The third-order valence-corrected chi connectivity index (χ3v) is 2.87. The van der Waals surface area contributed by atoms with Crippen LogP contribution in [0.25, 0.3) is 0 Å². The van der Waals surface area contributed by atoms with Crippen LogP contribution in [-0.4, -0.2) is 29.6 Å². The van der Waals surface area contributed by atoms with Crippen LogP contribution in [0.1, 0.15) is 18.5 Å². The van der Waals surface area contributed by atoms with Crippen LogP contribution in [0.2, 0.25) is 0 Å². The van der Waals surface area contributed by atoms with Crippen LogP contribution in [0, 0.1) is 5.92 Å². The Balaban J connectivity index is 1.73. The lowest BCUT2D eigenvalue weighted by molar-refractivity contribution is 0.359. The molecule has 1 aliphatic rings. The highest BCUT2D eigenvalue weighted by atomic mass is 16.1. The van der Waals surface area contributed by atoms with Crippen molar-refractivity contribution in [1.82, 2.24) is 20.6 Å². The van der Waals surface area contributed by atoms with Crippen molar-refractivity contribution < 1.29 is 0 Å². The fourth-order valence-electron chi connectivity index (χ4n) is 2.01. The second-order valence-corrected chi connectivity index (χ2v) is 4.25. The Morgan fingerprint density at radius 1 is 1.56 bits per heavy atom. The Bertz CT molecular complexity index is 370. The second kappa shape index (κ2) is 5.77. The Kier molecular flexibility index (Phi) is 4.07. The van der Waals surface area contributed by atoms with Crippen molar-refractivity contribution in [3.63, 3.8) is 0 Å². The Hall–Kier alpha value is -1.20. The average molecular weight is 222 g/mol. The van der Waals surface area contributed by atoms with E-state index in [0.29, 0.717) is 12.5 Å². The molecule has 0 bridgehead atoms. The normalized spacial score (nSPS) is 20.9. The molecule has 1 unspecified atom stereocenters. The Labute approximate surface area is 94.7 Å². The van der Waals surface area contributed by atoms with Crippen molar-refractivity contribution in [3.05, 3.63) is 28.4 Å². The van der Waals surface area contributed by atoms with Gasteiger partial charge in [-0.3, -0.25) is 4.79 Å². The van der Waals surface area contributed by atoms with Crippen molar-refractivity contribution in [2.75, 3.05) is 19.6 Å². The zero-order valence-electron chi connectivity index (χ0n) is 9.33. The molecule has 5 nitrogen and oxygen atoms in total. The monoisotopic (exact) mass is 222 g/mol. The summed E-state index contributed by atoms with van der Waals surface area (Å²) in [7, 11) is 0. The van der Waals surface area contributed by atoms with E-state index in [2.05, 4.69) is 20.6 Å². The molecule has 1 aliphatic heterocycles. The molecule has 88 valence electrons. The minimum Gasteiger partial charge on any atom is -0.316 e. The van der Waals surface area contributed by atoms with E-state index >= 15 is 0 Å². The number of aromatic nitrogens is 2. The second-order valence-electron chi connectivity index (χ2n) is 4.25. The molecule has 1 aromatic rings. The highest BCUT2D eigenvalue weighted by Gasteiger charge is 2.11. The standard InChI is InChI=1S/C11H18N4O/c16-11-4-10(14-8-15-11)7-13-6-9-2-1-3-12-5-9/h4,8-9,12-13H,1-3,5-7H2,(H,14,15,16). The molecular formula is C11H18N4O. The summed E-state index contributed by atoms with van der Waals surface area (Å²) in [5, 5.41) is 6.73. The van der Waals surface area contributed by atoms with E-state index in [0.717, 1.165) is 25.3 Å². The third kappa shape index (κ3) is 3.43. The van der Waals surface area contributed by atoms with Crippen LogP contribution in [0.5, 0.6) is 0 Å². The van der Waals surface area contributed by atoms with Gasteiger partial charge < -0.3 is 15.6 Å². The van der Waals surface area contributed by atoms with Crippen LogP contribution in [-0.2, 0) is 6.54 Å². The van der Waals surface area contributed by atoms with E-state index in [9.17, 15) is 4.79 Å². The molecule has 1 aromatic heterocycles. The van der Waals surface area contributed by atoms with Gasteiger partial charge in [0, 0.05) is 12.6 Å². The molecule has 0 saturated carbocycles. The molecule has 3 N–H and O–H groups in total. The van der Waals surface area contributed by atoms with E-state index in [-0.39, 0.29) is 5.56 Å². The van der Waals surface area contributed by atoms with Gasteiger partial charge in [0.15, 0.2) is 0 Å². The number of nitrogens with zero attached hydrogens (tertiary/aromatic N) is 1. The molecule has 0 radical (unpaired) electrons. The summed E-state index contributed by atoms with van der Waals surface area (Å²) in [6, 6.07) is 1.53. The summed E-state index contributed by atoms with van der Waals surface area (Å²) >= 11 is 0. The molecule has 0 aromatic carbocycles. The fourth-order valence-corrected chi connectivity index (χ4v) is 2.01. The molecule has 1 fully saturated rings. The highest BCUT2D eigenvalue weighted by Crippen LogP contribution is 2.08. The van der Waals surface area contributed by atoms with Crippen molar-refractivity contribution in [2.45, 2.75) is 19.4 Å². The fraction of sp³-hybridized carbons (Fsp3) is 0.636. The van der Waals surface area contributed by atoms with Gasteiger partial charge in [0.1, 0.15) is 0 Å². The van der Waals surface area contributed by atoms with Gasteiger partial charge >= 0.3 is 0 Å². The minimum atomic E-state index is -0.0915. The zero-order valence-corrected chi connectivity index (χ0v) is 9.33. The summed E-state index contributed by atoms with van der Waals surface area (Å²) in [5.41, 5.74) is 0.707. The summed E-state index contributed by atoms with van der Waals surface area (Å²) in [4.78, 5) is 17.6. The number of aromatic amines is 1. The maximum atomic E-state index is 11.0. The smallest absolute Gasteiger partial charge is 0.250 e. The van der Waals surface area contributed by atoms with Crippen LogP contribution < -0.4 is 16.2 Å². The summed E-state index contributed by atoms with van der Waals surface area (Å²) < 4.78 is 0. The van der Waals surface area contributed by atoms with Crippen LogP contribution in [0.15, 0.2) is 17.2 Å². The van der Waals surface area contributed by atoms with Crippen molar-refractivity contribution >= 4 is 0 Å². The lowest BCUT2D eigenvalue weighted by Crippen LogP contribution is -2.36. The largest absolute Gasteiger partial charge is 0.316 e. The van der Waals surface area contributed by atoms with Gasteiger partial charge in [-0.2, -0.15) is 0 Å². The van der Waals surface area contributed by atoms with Crippen molar-refractivity contribution in [1.29, 1.82) is 0 Å². The molecular weight excluding hydrogens is 204 g/mol. The quantitative estimate of drug-likeness (QED) is 0.663. The summed E-state index contributed by atoms with van der Waals surface area (Å²) in [6.45, 7) is 3.89. The number of rotatable bonds is 4. The van der Waals surface area contributed by atoms with Gasteiger partial charge in [0.05, 0.1) is 12.0 Å². The van der Waals surface area contributed by atoms with Gasteiger partial charge in [0.2, 0.25) is 0 Å². The first kappa shape index (κ1) is 11.3. The Morgan fingerprint density at radius 2 is 2.50 bits per heavy atom. The average Bonchev–Trinajstić information content (AvgIpc) is 2.30. The van der Waals surface area contributed by atoms with Gasteiger partial charge in [-0.25, -0.2) is 4.98 Å². The maximum Gasteiger partial charge on any atom is 0.250 e. The van der Waals surface area contributed by atoms with E-state index in [1.165, 1.54) is 25.2 Å². The molecule has 1 saturated heterocycles. The molecule has 2 rings (SSSR count). The molecule has 0 amide bonds. The van der Waals surface area contributed by atoms with Crippen molar-refractivity contribution in [3.8, 4) is 0 Å². The minimum absolute atomic E-state index is 0.0915. The lowest BCUT2D eigenvalue weighted by atomic mass is 10.00. The maximum absolute atomic E-state index is 11.0. The summed E-state index contributed by atoms with van der Waals surface area (Å²) in [5.74, 6) is 0.704. The first-order chi connectivity index (χ1) is 7.84. The molecule has 2 heterocycles. The molecule has 1 atom stereocenters.